The summed E-state index contributed by atoms with van der Waals surface area (Å²) < 4.78 is 23.1. The van der Waals surface area contributed by atoms with Gasteiger partial charge >= 0.3 is 5.97 Å². The summed E-state index contributed by atoms with van der Waals surface area (Å²) in [7, 11) is 0. The first-order valence-electron chi connectivity index (χ1n) is 7.82. The minimum atomic E-state index is -1.19. The Hall–Kier alpha value is -3.16. The molecule has 1 atom stereocenters. The molecule has 1 aliphatic heterocycles. The van der Waals surface area contributed by atoms with Gasteiger partial charge in [-0.05, 0) is 18.2 Å². The Balaban J connectivity index is 1.71. The van der Waals surface area contributed by atoms with Crippen LogP contribution < -0.4 is 4.74 Å². The van der Waals surface area contributed by atoms with Crippen molar-refractivity contribution < 1.29 is 19.0 Å². The highest BCUT2D eigenvalue weighted by Crippen LogP contribution is 2.34. The predicted octanol–water partition coefficient (Wildman–Crippen LogP) is 2.29. The van der Waals surface area contributed by atoms with Crippen LogP contribution in [0, 0.1) is 11.7 Å². The molecule has 0 aliphatic carbocycles. The molecule has 1 aromatic carbocycles. The van der Waals surface area contributed by atoms with Crippen LogP contribution in [0.3, 0.4) is 0 Å². The number of carbonyl (C=O) groups is 1. The van der Waals surface area contributed by atoms with Gasteiger partial charge in [0.2, 0.25) is 5.88 Å². The van der Waals surface area contributed by atoms with Crippen molar-refractivity contribution in [3.63, 3.8) is 0 Å². The van der Waals surface area contributed by atoms with Gasteiger partial charge in [-0.15, -0.1) is 0 Å². The fraction of sp³-hybridized carbons (Fsp3) is 0.235. The molecule has 0 radical (unpaired) electrons. The number of rotatable bonds is 4. The number of ether oxygens (including phenoxy) is 1. The Kier molecular flexibility index (Phi) is 3.72. The molecule has 0 amide bonds. The topological polar surface area (TPSA) is 82.2 Å². The summed E-state index contributed by atoms with van der Waals surface area (Å²) in [6.45, 7) is 1.45. The van der Waals surface area contributed by atoms with Gasteiger partial charge in [-0.25, -0.2) is 13.9 Å². The fourth-order valence-electron chi connectivity index (χ4n) is 3.03. The molecule has 1 N–H and O–H groups in total. The monoisotopic (exact) mass is 342 g/mol. The van der Waals surface area contributed by atoms with E-state index >= 15 is 0 Å². The maximum absolute atomic E-state index is 14.1. The fourth-order valence-corrected chi connectivity index (χ4v) is 3.03. The number of hydrogen-bond acceptors (Lipinski definition) is 4. The highest BCUT2D eigenvalue weighted by atomic mass is 19.1. The van der Waals surface area contributed by atoms with E-state index in [1.165, 1.54) is 16.8 Å². The number of halogens is 1. The summed E-state index contributed by atoms with van der Waals surface area (Å²) >= 11 is 0. The molecule has 7 nitrogen and oxygen atoms in total. The largest absolute Gasteiger partial charge is 0.477 e. The standard InChI is InChI=1S/C17H15FN4O3/c18-13-5-2-1-4-12(13)15-14(17(23)24)16-22(20-15)9-11(10-25-16)8-21-7-3-6-19-21/h1-7,11H,8-10H2,(H,23,24). The number of benzene rings is 1. The van der Waals surface area contributed by atoms with Crippen molar-refractivity contribution in [3.8, 4) is 17.1 Å². The van der Waals surface area contributed by atoms with Gasteiger partial charge in [0.15, 0.2) is 0 Å². The van der Waals surface area contributed by atoms with E-state index in [0.717, 1.165) is 0 Å². The summed E-state index contributed by atoms with van der Waals surface area (Å²) in [4.78, 5) is 11.7. The van der Waals surface area contributed by atoms with E-state index in [4.69, 9.17) is 4.74 Å². The van der Waals surface area contributed by atoms with Crippen LogP contribution in [0.25, 0.3) is 11.3 Å². The van der Waals surface area contributed by atoms with Gasteiger partial charge in [-0.2, -0.15) is 10.2 Å². The Labute approximate surface area is 142 Å². The van der Waals surface area contributed by atoms with Crippen LogP contribution in [0.2, 0.25) is 0 Å². The lowest BCUT2D eigenvalue weighted by atomic mass is 10.1. The average Bonchev–Trinajstić information content (AvgIpc) is 3.22. The SMILES string of the molecule is O=C(O)c1c(-c2ccccc2F)nn2c1OCC(Cn1cccn1)C2. The van der Waals surface area contributed by atoms with Crippen molar-refractivity contribution in [1.82, 2.24) is 19.6 Å². The molecular formula is C17H15FN4O3. The molecule has 0 saturated carbocycles. The molecular weight excluding hydrogens is 327 g/mol. The molecule has 0 spiro atoms. The number of nitrogens with zero attached hydrogens (tertiary/aromatic N) is 4. The van der Waals surface area contributed by atoms with Crippen LogP contribution in [0.15, 0.2) is 42.7 Å². The number of carboxylic acids is 1. The summed E-state index contributed by atoms with van der Waals surface area (Å²) in [5, 5.41) is 18.1. The quantitative estimate of drug-likeness (QED) is 0.787. The highest BCUT2D eigenvalue weighted by Gasteiger charge is 2.31. The van der Waals surface area contributed by atoms with Crippen LogP contribution in [0.5, 0.6) is 5.88 Å². The van der Waals surface area contributed by atoms with Crippen LogP contribution in [-0.2, 0) is 13.1 Å². The molecule has 25 heavy (non-hydrogen) atoms. The van der Waals surface area contributed by atoms with E-state index in [0.29, 0.717) is 19.7 Å². The second kappa shape index (κ2) is 6.04. The third kappa shape index (κ3) is 2.75. The Bertz CT molecular complexity index is 920. The van der Waals surface area contributed by atoms with Gasteiger partial charge in [0, 0.05) is 30.4 Å². The predicted molar refractivity (Wildman–Crippen MR) is 85.8 cm³/mol. The van der Waals surface area contributed by atoms with Gasteiger partial charge in [0.25, 0.3) is 0 Å². The zero-order valence-electron chi connectivity index (χ0n) is 13.2. The van der Waals surface area contributed by atoms with E-state index in [-0.39, 0.29) is 28.6 Å². The van der Waals surface area contributed by atoms with Crippen molar-refractivity contribution >= 4 is 5.97 Å². The minimum Gasteiger partial charge on any atom is -0.477 e. The molecule has 3 aromatic rings. The van der Waals surface area contributed by atoms with Crippen LogP contribution in [-0.4, -0.2) is 37.2 Å². The third-order valence-electron chi connectivity index (χ3n) is 4.14. The first-order valence-corrected chi connectivity index (χ1v) is 7.82. The number of aromatic carboxylic acids is 1. The van der Waals surface area contributed by atoms with Gasteiger partial charge in [0.05, 0.1) is 13.2 Å². The van der Waals surface area contributed by atoms with E-state index in [1.54, 1.807) is 23.0 Å². The van der Waals surface area contributed by atoms with E-state index in [9.17, 15) is 14.3 Å². The summed E-state index contributed by atoms with van der Waals surface area (Å²) in [6.07, 6.45) is 3.55. The summed E-state index contributed by atoms with van der Waals surface area (Å²) in [5.41, 5.74) is 0.122. The zero-order valence-corrected chi connectivity index (χ0v) is 13.2. The van der Waals surface area contributed by atoms with Crippen LogP contribution >= 0.6 is 0 Å². The average molecular weight is 342 g/mol. The van der Waals surface area contributed by atoms with Crippen molar-refractivity contribution in [2.45, 2.75) is 13.1 Å². The first-order chi connectivity index (χ1) is 12.1. The maximum atomic E-state index is 14.1. The normalized spacial score (nSPS) is 16.3. The smallest absolute Gasteiger partial charge is 0.343 e. The first kappa shape index (κ1) is 15.4. The van der Waals surface area contributed by atoms with Crippen LogP contribution in [0.1, 0.15) is 10.4 Å². The minimum absolute atomic E-state index is 0.0836. The molecule has 3 heterocycles. The Morgan fingerprint density at radius 3 is 2.92 bits per heavy atom. The van der Waals surface area contributed by atoms with Crippen molar-refractivity contribution in [3.05, 3.63) is 54.1 Å². The second-order valence-corrected chi connectivity index (χ2v) is 5.90. The maximum Gasteiger partial charge on any atom is 0.343 e. The second-order valence-electron chi connectivity index (χ2n) is 5.90. The number of fused-ring (bicyclic) bond motifs is 1. The lowest BCUT2D eigenvalue weighted by Crippen LogP contribution is -2.29. The third-order valence-corrected chi connectivity index (χ3v) is 4.14. The van der Waals surface area contributed by atoms with Gasteiger partial charge in [0.1, 0.15) is 17.1 Å². The summed E-state index contributed by atoms with van der Waals surface area (Å²) in [5.74, 6) is -1.46. The highest BCUT2D eigenvalue weighted by molar-refractivity contribution is 5.97. The molecule has 0 bridgehead atoms. The van der Waals surface area contributed by atoms with Gasteiger partial charge in [-0.1, -0.05) is 12.1 Å². The van der Waals surface area contributed by atoms with Crippen LogP contribution in [0.4, 0.5) is 4.39 Å². The molecule has 1 aliphatic rings. The number of carboxylic acid groups (broad SMARTS) is 1. The Morgan fingerprint density at radius 2 is 2.20 bits per heavy atom. The molecule has 0 fully saturated rings. The molecule has 0 saturated heterocycles. The molecule has 4 rings (SSSR count). The molecule has 8 heteroatoms. The molecule has 128 valence electrons. The number of hydrogen-bond donors (Lipinski definition) is 1. The molecule has 1 unspecified atom stereocenters. The van der Waals surface area contributed by atoms with Crippen molar-refractivity contribution in [2.75, 3.05) is 6.61 Å². The molecule has 2 aromatic heterocycles. The number of aromatic nitrogens is 4. The zero-order chi connectivity index (χ0) is 17.4. The lowest BCUT2D eigenvalue weighted by Gasteiger charge is -2.24. The Morgan fingerprint density at radius 1 is 1.36 bits per heavy atom. The lowest BCUT2D eigenvalue weighted by molar-refractivity contribution is 0.0685. The van der Waals surface area contributed by atoms with Crippen molar-refractivity contribution in [1.29, 1.82) is 0 Å². The van der Waals surface area contributed by atoms with Gasteiger partial charge in [-0.3, -0.25) is 4.68 Å². The summed E-state index contributed by atoms with van der Waals surface area (Å²) in [6, 6.07) is 7.81. The van der Waals surface area contributed by atoms with Gasteiger partial charge < -0.3 is 9.84 Å². The van der Waals surface area contributed by atoms with E-state index < -0.39 is 11.8 Å². The van der Waals surface area contributed by atoms with Crippen molar-refractivity contribution in [2.24, 2.45) is 5.92 Å². The van der Waals surface area contributed by atoms with E-state index in [1.807, 2.05) is 12.3 Å². The van der Waals surface area contributed by atoms with E-state index in [2.05, 4.69) is 10.2 Å².